The lowest BCUT2D eigenvalue weighted by atomic mass is 10.2. The van der Waals surface area contributed by atoms with Crippen molar-refractivity contribution in [2.75, 3.05) is 0 Å². The first kappa shape index (κ1) is 12.8. The van der Waals surface area contributed by atoms with Crippen LogP contribution in [0.5, 0.6) is 11.5 Å². The Hall–Kier alpha value is -2.63. The Kier molecular flexibility index (Phi) is 3.61. The van der Waals surface area contributed by atoms with E-state index in [-0.39, 0.29) is 11.7 Å². The van der Waals surface area contributed by atoms with Gasteiger partial charge < -0.3 is 15.7 Å². The first-order chi connectivity index (χ1) is 9.10. The fourth-order valence-electron chi connectivity index (χ4n) is 1.46. The summed E-state index contributed by atoms with van der Waals surface area (Å²) in [5.41, 5.74) is 6.23. The van der Waals surface area contributed by atoms with Crippen LogP contribution in [0, 0.1) is 12.7 Å². The van der Waals surface area contributed by atoms with Crippen molar-refractivity contribution in [2.45, 2.75) is 6.92 Å². The largest absolute Gasteiger partial charge is 0.456 e. The molecule has 1 aromatic heterocycles. The molecule has 1 heterocycles. The van der Waals surface area contributed by atoms with Crippen molar-refractivity contribution < 1.29 is 14.3 Å². The fourth-order valence-corrected chi connectivity index (χ4v) is 1.46. The van der Waals surface area contributed by atoms with Gasteiger partial charge in [0.1, 0.15) is 23.0 Å². The standard InChI is InChI=1S/C13H12FN3O2/c1-8-6-9(2-4-11(8)14)19-10-3-5-12(16-7-10)13(15)17-18/h2-7,18H,1H3,(H2,15,17). The van der Waals surface area contributed by atoms with E-state index in [0.29, 0.717) is 22.8 Å². The van der Waals surface area contributed by atoms with E-state index in [2.05, 4.69) is 10.1 Å². The summed E-state index contributed by atoms with van der Waals surface area (Å²) in [6, 6.07) is 7.63. The highest BCUT2D eigenvalue weighted by Crippen LogP contribution is 2.22. The van der Waals surface area contributed by atoms with Crippen molar-refractivity contribution in [1.82, 2.24) is 4.98 Å². The van der Waals surface area contributed by atoms with E-state index in [0.717, 1.165) is 0 Å². The van der Waals surface area contributed by atoms with Crippen LogP contribution in [0.15, 0.2) is 41.7 Å². The summed E-state index contributed by atoms with van der Waals surface area (Å²) in [6.45, 7) is 1.65. The van der Waals surface area contributed by atoms with E-state index in [4.69, 9.17) is 15.7 Å². The van der Waals surface area contributed by atoms with Gasteiger partial charge in [0.05, 0.1) is 6.20 Å². The van der Waals surface area contributed by atoms with Crippen molar-refractivity contribution >= 4 is 5.84 Å². The Labute approximate surface area is 109 Å². The zero-order valence-electron chi connectivity index (χ0n) is 10.2. The van der Waals surface area contributed by atoms with Crippen molar-refractivity contribution in [1.29, 1.82) is 0 Å². The third-order valence-electron chi connectivity index (χ3n) is 2.47. The van der Waals surface area contributed by atoms with E-state index >= 15 is 0 Å². The van der Waals surface area contributed by atoms with Crippen molar-refractivity contribution in [3.63, 3.8) is 0 Å². The number of nitrogens with zero attached hydrogens (tertiary/aromatic N) is 2. The number of rotatable bonds is 3. The highest BCUT2D eigenvalue weighted by Gasteiger charge is 2.04. The maximum absolute atomic E-state index is 13.1. The number of oxime groups is 1. The molecule has 2 aromatic rings. The summed E-state index contributed by atoms with van der Waals surface area (Å²) in [4.78, 5) is 3.97. The first-order valence-electron chi connectivity index (χ1n) is 5.48. The van der Waals surface area contributed by atoms with Crippen LogP contribution in [0.1, 0.15) is 11.3 Å². The number of aromatic nitrogens is 1. The molecule has 5 nitrogen and oxygen atoms in total. The molecule has 98 valence electrons. The summed E-state index contributed by atoms with van der Waals surface area (Å²) in [5, 5.41) is 11.3. The summed E-state index contributed by atoms with van der Waals surface area (Å²) in [7, 11) is 0. The van der Waals surface area contributed by atoms with Gasteiger partial charge in [-0.3, -0.25) is 0 Å². The summed E-state index contributed by atoms with van der Waals surface area (Å²) in [6.07, 6.45) is 1.44. The number of pyridine rings is 1. The van der Waals surface area contributed by atoms with E-state index in [9.17, 15) is 4.39 Å². The van der Waals surface area contributed by atoms with E-state index < -0.39 is 0 Å². The molecule has 0 atom stereocenters. The van der Waals surface area contributed by atoms with Gasteiger partial charge in [0.2, 0.25) is 0 Å². The molecule has 6 heteroatoms. The van der Waals surface area contributed by atoms with E-state index in [1.165, 1.54) is 18.3 Å². The van der Waals surface area contributed by atoms with Gasteiger partial charge in [-0.05, 0) is 42.8 Å². The number of hydrogen-bond donors (Lipinski definition) is 2. The SMILES string of the molecule is Cc1cc(Oc2ccc(/C(N)=N/O)nc2)ccc1F. The number of aryl methyl sites for hydroxylation is 1. The molecule has 0 fully saturated rings. The molecule has 0 aliphatic carbocycles. The van der Waals surface area contributed by atoms with Crippen molar-refractivity contribution in [2.24, 2.45) is 10.9 Å². The number of amidine groups is 1. The molecule has 0 saturated heterocycles. The van der Waals surface area contributed by atoms with E-state index in [1.54, 1.807) is 25.1 Å². The highest BCUT2D eigenvalue weighted by atomic mass is 19.1. The lowest BCUT2D eigenvalue weighted by Gasteiger charge is -2.07. The topological polar surface area (TPSA) is 80.7 Å². The van der Waals surface area contributed by atoms with Gasteiger partial charge in [0, 0.05) is 0 Å². The highest BCUT2D eigenvalue weighted by molar-refractivity contribution is 5.95. The maximum Gasteiger partial charge on any atom is 0.188 e. The lowest BCUT2D eigenvalue weighted by molar-refractivity contribution is 0.318. The third kappa shape index (κ3) is 2.98. The number of hydrogen-bond acceptors (Lipinski definition) is 4. The molecule has 0 spiro atoms. The minimum absolute atomic E-state index is 0.0795. The molecule has 19 heavy (non-hydrogen) atoms. The van der Waals surface area contributed by atoms with E-state index in [1.807, 2.05) is 0 Å². The molecule has 3 N–H and O–H groups in total. The average Bonchev–Trinajstić information content (AvgIpc) is 2.43. The Morgan fingerprint density at radius 2 is 2.05 bits per heavy atom. The van der Waals surface area contributed by atoms with Crippen LogP contribution in [0.2, 0.25) is 0 Å². The molecule has 2 rings (SSSR count). The van der Waals surface area contributed by atoms with Crippen molar-refractivity contribution in [3.8, 4) is 11.5 Å². The number of benzene rings is 1. The molecule has 0 aliphatic rings. The van der Waals surface area contributed by atoms with Crippen molar-refractivity contribution in [3.05, 3.63) is 53.6 Å². The van der Waals surface area contributed by atoms with Gasteiger partial charge in [-0.1, -0.05) is 5.16 Å². The first-order valence-corrected chi connectivity index (χ1v) is 5.48. The predicted octanol–water partition coefficient (Wildman–Crippen LogP) is 2.42. The fraction of sp³-hybridized carbons (Fsp3) is 0.0769. The molecule has 0 unspecified atom stereocenters. The normalized spacial score (nSPS) is 11.4. The molecule has 0 amide bonds. The number of halogens is 1. The van der Waals surface area contributed by atoms with Crippen LogP contribution in [0.4, 0.5) is 4.39 Å². The zero-order chi connectivity index (χ0) is 13.8. The molecule has 0 saturated carbocycles. The second-order valence-electron chi connectivity index (χ2n) is 3.88. The molecule has 0 radical (unpaired) electrons. The average molecular weight is 261 g/mol. The Morgan fingerprint density at radius 3 is 2.63 bits per heavy atom. The van der Waals surface area contributed by atoms with Crippen LogP contribution >= 0.6 is 0 Å². The summed E-state index contributed by atoms with van der Waals surface area (Å²) >= 11 is 0. The minimum Gasteiger partial charge on any atom is -0.456 e. The van der Waals surface area contributed by atoms with Crippen LogP contribution in [-0.2, 0) is 0 Å². The number of ether oxygens (including phenoxy) is 1. The molecule has 0 bridgehead atoms. The Balaban J connectivity index is 2.17. The maximum atomic E-state index is 13.1. The summed E-state index contributed by atoms with van der Waals surface area (Å²) < 4.78 is 18.6. The lowest BCUT2D eigenvalue weighted by Crippen LogP contribution is -2.14. The summed E-state index contributed by atoms with van der Waals surface area (Å²) in [5.74, 6) is 0.620. The zero-order valence-corrected chi connectivity index (χ0v) is 10.2. The van der Waals surface area contributed by atoms with Gasteiger partial charge in [-0.15, -0.1) is 0 Å². The van der Waals surface area contributed by atoms with Gasteiger partial charge in [-0.25, -0.2) is 9.37 Å². The second-order valence-corrected chi connectivity index (χ2v) is 3.88. The third-order valence-corrected chi connectivity index (χ3v) is 2.47. The van der Waals surface area contributed by atoms with Crippen LogP contribution in [0.3, 0.4) is 0 Å². The van der Waals surface area contributed by atoms with Crippen LogP contribution in [0.25, 0.3) is 0 Å². The minimum atomic E-state index is -0.284. The molecular weight excluding hydrogens is 249 g/mol. The van der Waals surface area contributed by atoms with Crippen LogP contribution < -0.4 is 10.5 Å². The molecule has 1 aromatic carbocycles. The van der Waals surface area contributed by atoms with Crippen LogP contribution in [-0.4, -0.2) is 16.0 Å². The van der Waals surface area contributed by atoms with Gasteiger partial charge in [-0.2, -0.15) is 0 Å². The van der Waals surface area contributed by atoms with Gasteiger partial charge >= 0.3 is 0 Å². The smallest absolute Gasteiger partial charge is 0.188 e. The van der Waals surface area contributed by atoms with Gasteiger partial charge in [0.25, 0.3) is 0 Å². The predicted molar refractivity (Wildman–Crippen MR) is 68.0 cm³/mol. The molecule has 0 aliphatic heterocycles. The van der Waals surface area contributed by atoms with Gasteiger partial charge in [0.15, 0.2) is 5.84 Å². The Morgan fingerprint density at radius 1 is 1.32 bits per heavy atom. The molecular formula is C13H12FN3O2. The second kappa shape index (κ2) is 5.34. The Bertz CT molecular complexity index is 612. The monoisotopic (exact) mass is 261 g/mol. The quantitative estimate of drug-likeness (QED) is 0.385. The number of nitrogens with two attached hydrogens (primary N) is 1.